The third-order valence-electron chi connectivity index (χ3n) is 3.15. The molecular weight excluding hydrogens is 188 g/mol. The molecule has 1 aliphatic carbocycles. The standard InChI is InChI=1S/C12H18N2O/c1-11(2)4-10(6-13)5-12(3,7-11)8-14-9-15/h10H,4-5,7-8H2,1-3H3/t10?,12-/m1/s1. The zero-order chi connectivity index (χ0) is 11.5. The number of nitrogens with zero attached hydrogens (tertiary/aromatic N) is 2. The Labute approximate surface area is 91.2 Å². The van der Waals surface area contributed by atoms with Crippen LogP contribution in [0.25, 0.3) is 0 Å². The Hall–Kier alpha value is -1.13. The van der Waals surface area contributed by atoms with Gasteiger partial charge in [0.2, 0.25) is 6.08 Å². The Morgan fingerprint density at radius 2 is 2.07 bits per heavy atom. The number of isocyanates is 1. The van der Waals surface area contributed by atoms with E-state index < -0.39 is 0 Å². The van der Waals surface area contributed by atoms with Crippen molar-refractivity contribution in [1.29, 1.82) is 5.26 Å². The number of hydrogen-bond acceptors (Lipinski definition) is 3. The Balaban J connectivity index is 2.81. The smallest absolute Gasteiger partial charge is 0.211 e. The van der Waals surface area contributed by atoms with E-state index in [-0.39, 0.29) is 16.7 Å². The first-order valence-corrected chi connectivity index (χ1v) is 5.34. The van der Waals surface area contributed by atoms with Crippen LogP contribution >= 0.6 is 0 Å². The van der Waals surface area contributed by atoms with Crippen LogP contribution in [-0.4, -0.2) is 12.6 Å². The molecule has 1 fully saturated rings. The molecule has 0 bridgehead atoms. The number of carbonyl (C=O) groups excluding carboxylic acids is 1. The molecule has 0 aromatic rings. The quantitative estimate of drug-likeness (QED) is 0.515. The molecule has 82 valence electrons. The van der Waals surface area contributed by atoms with E-state index in [4.69, 9.17) is 5.26 Å². The Kier molecular flexibility index (Phi) is 3.31. The number of hydrogen-bond donors (Lipinski definition) is 0. The number of nitriles is 1. The second-order valence-corrected chi connectivity index (χ2v) is 5.79. The first-order chi connectivity index (χ1) is 6.91. The molecule has 2 atom stereocenters. The van der Waals surface area contributed by atoms with Crippen LogP contribution in [0, 0.1) is 28.1 Å². The van der Waals surface area contributed by atoms with E-state index in [9.17, 15) is 4.79 Å². The van der Waals surface area contributed by atoms with Gasteiger partial charge in [-0.1, -0.05) is 20.8 Å². The number of rotatable bonds is 2. The van der Waals surface area contributed by atoms with Gasteiger partial charge in [0, 0.05) is 5.92 Å². The fourth-order valence-electron chi connectivity index (χ4n) is 3.07. The highest BCUT2D eigenvalue weighted by molar-refractivity contribution is 5.33. The number of aliphatic imine (C=N–C) groups is 1. The van der Waals surface area contributed by atoms with Crippen LogP contribution in [-0.2, 0) is 4.79 Å². The van der Waals surface area contributed by atoms with Gasteiger partial charge in [-0.15, -0.1) is 0 Å². The Morgan fingerprint density at radius 1 is 1.40 bits per heavy atom. The van der Waals surface area contributed by atoms with Crippen molar-refractivity contribution in [3.8, 4) is 6.07 Å². The summed E-state index contributed by atoms with van der Waals surface area (Å²) in [6.07, 6.45) is 4.40. The van der Waals surface area contributed by atoms with Gasteiger partial charge in [0.05, 0.1) is 12.6 Å². The van der Waals surface area contributed by atoms with Gasteiger partial charge in [0.25, 0.3) is 0 Å². The van der Waals surface area contributed by atoms with Crippen molar-refractivity contribution < 1.29 is 4.79 Å². The van der Waals surface area contributed by atoms with Gasteiger partial charge in [0.15, 0.2) is 0 Å². The van der Waals surface area contributed by atoms with Crippen molar-refractivity contribution in [2.45, 2.75) is 40.0 Å². The van der Waals surface area contributed by atoms with E-state index in [1.165, 1.54) is 0 Å². The maximum Gasteiger partial charge on any atom is 0.234 e. The molecule has 1 saturated carbocycles. The molecule has 0 amide bonds. The summed E-state index contributed by atoms with van der Waals surface area (Å²) in [6.45, 7) is 6.97. The fourth-order valence-corrected chi connectivity index (χ4v) is 3.07. The predicted molar refractivity (Wildman–Crippen MR) is 57.8 cm³/mol. The van der Waals surface area contributed by atoms with Gasteiger partial charge in [-0.2, -0.15) is 5.26 Å². The largest absolute Gasteiger partial charge is 0.234 e. The minimum atomic E-state index is -0.0143. The second kappa shape index (κ2) is 4.16. The zero-order valence-electron chi connectivity index (χ0n) is 9.71. The topological polar surface area (TPSA) is 53.2 Å². The molecule has 1 unspecified atom stereocenters. The monoisotopic (exact) mass is 206 g/mol. The molecule has 0 aliphatic heterocycles. The summed E-state index contributed by atoms with van der Waals surface area (Å²) in [5, 5.41) is 9.02. The van der Waals surface area contributed by atoms with Crippen molar-refractivity contribution in [3.63, 3.8) is 0 Å². The van der Waals surface area contributed by atoms with E-state index in [1.54, 1.807) is 6.08 Å². The van der Waals surface area contributed by atoms with Crippen LogP contribution < -0.4 is 0 Å². The van der Waals surface area contributed by atoms with Crippen molar-refractivity contribution in [3.05, 3.63) is 0 Å². The summed E-state index contributed by atoms with van der Waals surface area (Å²) in [5.74, 6) is 0.0978. The lowest BCUT2D eigenvalue weighted by molar-refractivity contribution is 0.0809. The van der Waals surface area contributed by atoms with Crippen molar-refractivity contribution in [1.82, 2.24) is 0 Å². The molecule has 3 heteroatoms. The van der Waals surface area contributed by atoms with Crippen LogP contribution in [0.5, 0.6) is 0 Å². The molecular formula is C12H18N2O. The van der Waals surface area contributed by atoms with E-state index in [1.807, 2.05) is 0 Å². The summed E-state index contributed by atoms with van der Waals surface area (Å²) in [5.41, 5.74) is 0.158. The molecule has 0 aromatic heterocycles. The SMILES string of the molecule is CC1(C)CC(C#N)C[C@@](C)(CN=C=O)C1. The molecule has 0 saturated heterocycles. The molecule has 0 aromatic carbocycles. The maximum absolute atomic E-state index is 10.1. The van der Waals surface area contributed by atoms with Gasteiger partial charge >= 0.3 is 0 Å². The van der Waals surface area contributed by atoms with Crippen LogP contribution in [0.4, 0.5) is 0 Å². The van der Waals surface area contributed by atoms with Gasteiger partial charge in [-0.25, -0.2) is 9.79 Å². The van der Waals surface area contributed by atoms with Crippen LogP contribution in [0.2, 0.25) is 0 Å². The summed E-state index contributed by atoms with van der Waals surface area (Å²) in [4.78, 5) is 13.8. The molecule has 3 nitrogen and oxygen atoms in total. The van der Waals surface area contributed by atoms with Crippen LogP contribution in [0.15, 0.2) is 4.99 Å². The zero-order valence-corrected chi connectivity index (χ0v) is 9.71. The molecule has 0 heterocycles. The average molecular weight is 206 g/mol. The van der Waals surface area contributed by atoms with E-state index in [2.05, 4.69) is 31.8 Å². The summed E-state index contributed by atoms with van der Waals surface area (Å²) < 4.78 is 0. The molecule has 0 spiro atoms. The summed E-state index contributed by atoms with van der Waals surface area (Å²) in [6, 6.07) is 2.35. The van der Waals surface area contributed by atoms with Gasteiger partial charge in [-0.05, 0) is 30.1 Å². The highest BCUT2D eigenvalue weighted by Crippen LogP contribution is 2.48. The van der Waals surface area contributed by atoms with Gasteiger partial charge in [-0.3, -0.25) is 0 Å². The summed E-state index contributed by atoms with van der Waals surface area (Å²) >= 11 is 0. The Bertz CT molecular complexity index is 323. The average Bonchev–Trinajstić information content (AvgIpc) is 2.12. The van der Waals surface area contributed by atoms with Crippen LogP contribution in [0.1, 0.15) is 40.0 Å². The van der Waals surface area contributed by atoms with E-state index >= 15 is 0 Å². The Morgan fingerprint density at radius 3 is 2.60 bits per heavy atom. The second-order valence-electron chi connectivity index (χ2n) is 5.79. The van der Waals surface area contributed by atoms with E-state index in [0.29, 0.717) is 6.54 Å². The lowest BCUT2D eigenvalue weighted by Gasteiger charge is -2.43. The molecule has 1 aliphatic rings. The van der Waals surface area contributed by atoms with Gasteiger partial charge < -0.3 is 0 Å². The molecule has 15 heavy (non-hydrogen) atoms. The van der Waals surface area contributed by atoms with Crippen molar-refractivity contribution in [2.75, 3.05) is 6.54 Å². The predicted octanol–water partition coefficient (Wildman–Crippen LogP) is 2.68. The third kappa shape index (κ3) is 3.18. The van der Waals surface area contributed by atoms with E-state index in [0.717, 1.165) is 19.3 Å². The minimum Gasteiger partial charge on any atom is -0.211 e. The molecule has 0 radical (unpaired) electrons. The fraction of sp³-hybridized carbons (Fsp3) is 0.833. The summed E-state index contributed by atoms with van der Waals surface area (Å²) in [7, 11) is 0. The maximum atomic E-state index is 10.1. The minimum absolute atomic E-state index is 0.0143. The molecule has 1 rings (SSSR count). The lowest BCUT2D eigenvalue weighted by atomic mass is 9.61. The highest BCUT2D eigenvalue weighted by atomic mass is 16.1. The lowest BCUT2D eigenvalue weighted by Crippen LogP contribution is -2.37. The van der Waals surface area contributed by atoms with Crippen molar-refractivity contribution in [2.24, 2.45) is 21.7 Å². The third-order valence-corrected chi connectivity index (χ3v) is 3.15. The highest BCUT2D eigenvalue weighted by Gasteiger charge is 2.41. The first-order valence-electron chi connectivity index (χ1n) is 5.34. The normalized spacial score (nSPS) is 33.9. The molecule has 0 N–H and O–H groups in total. The van der Waals surface area contributed by atoms with Gasteiger partial charge in [0.1, 0.15) is 0 Å². The first kappa shape index (κ1) is 11.9. The van der Waals surface area contributed by atoms with Crippen LogP contribution in [0.3, 0.4) is 0 Å². The van der Waals surface area contributed by atoms with Crippen molar-refractivity contribution >= 4 is 6.08 Å².